The fourth-order valence-corrected chi connectivity index (χ4v) is 3.38. The fourth-order valence-electron chi connectivity index (χ4n) is 3.38. The quantitative estimate of drug-likeness (QED) is 0.639. The zero-order chi connectivity index (χ0) is 18.7. The first kappa shape index (κ1) is 18.0. The molecule has 1 fully saturated rings. The summed E-state index contributed by atoms with van der Waals surface area (Å²) in [5.41, 5.74) is 1.04. The summed E-state index contributed by atoms with van der Waals surface area (Å²) in [5.74, 6) is -0.514. The van der Waals surface area contributed by atoms with Gasteiger partial charge in [-0.3, -0.25) is 4.79 Å². The Labute approximate surface area is 152 Å². The van der Waals surface area contributed by atoms with Crippen LogP contribution in [0.3, 0.4) is 0 Å². The van der Waals surface area contributed by atoms with E-state index in [0.29, 0.717) is 23.1 Å². The minimum Gasteiger partial charge on any atom is -0.507 e. The highest BCUT2D eigenvalue weighted by molar-refractivity contribution is 6.04. The number of carbonyl (C=O) groups excluding carboxylic acids is 2. The van der Waals surface area contributed by atoms with E-state index in [2.05, 4.69) is 11.9 Å². The second-order valence-electron chi connectivity index (χ2n) is 6.84. The normalized spacial score (nSPS) is 19.7. The Morgan fingerprint density at radius 2 is 1.88 bits per heavy atom. The van der Waals surface area contributed by atoms with E-state index < -0.39 is 5.97 Å². The first-order valence-corrected chi connectivity index (χ1v) is 8.83. The molecule has 5 heteroatoms. The predicted molar refractivity (Wildman–Crippen MR) is 101 cm³/mol. The first-order valence-electron chi connectivity index (χ1n) is 8.83. The summed E-state index contributed by atoms with van der Waals surface area (Å²) < 4.78 is 5.42. The molecule has 2 atom stereocenters. The van der Waals surface area contributed by atoms with Crippen LogP contribution in [0.2, 0.25) is 0 Å². The lowest BCUT2D eigenvalue weighted by molar-refractivity contribution is -0.147. The Kier molecular flexibility index (Phi) is 5.26. The monoisotopic (exact) mass is 353 g/mol. The summed E-state index contributed by atoms with van der Waals surface area (Å²) in [4.78, 5) is 24.4. The topological polar surface area (TPSA) is 75.6 Å². The van der Waals surface area contributed by atoms with Gasteiger partial charge in [-0.25, -0.2) is 4.79 Å². The predicted octanol–water partition coefficient (Wildman–Crippen LogP) is 4.16. The molecule has 0 aromatic heterocycles. The van der Waals surface area contributed by atoms with Crippen LogP contribution >= 0.6 is 0 Å². The van der Waals surface area contributed by atoms with Crippen molar-refractivity contribution in [2.45, 2.75) is 38.7 Å². The molecule has 2 unspecified atom stereocenters. The minimum absolute atomic E-state index is 0.0862. The Balaban J connectivity index is 1.71. The molecule has 2 aromatic rings. The van der Waals surface area contributed by atoms with E-state index in [1.54, 1.807) is 25.1 Å². The smallest absolute Gasteiger partial charge is 0.333 e. The Morgan fingerprint density at radius 3 is 2.65 bits per heavy atom. The molecular formula is C21H23NO4. The number of phenols is 1. The van der Waals surface area contributed by atoms with Crippen LogP contribution < -0.4 is 5.32 Å². The molecule has 1 aliphatic rings. The van der Waals surface area contributed by atoms with Crippen molar-refractivity contribution in [3.63, 3.8) is 0 Å². The zero-order valence-electron chi connectivity index (χ0n) is 14.8. The Morgan fingerprint density at radius 1 is 1.15 bits per heavy atom. The van der Waals surface area contributed by atoms with Gasteiger partial charge in [0.2, 0.25) is 5.91 Å². The molecular weight excluding hydrogens is 330 g/mol. The van der Waals surface area contributed by atoms with E-state index in [1.807, 2.05) is 18.2 Å². The highest BCUT2D eigenvalue weighted by Crippen LogP contribution is 2.32. The number of carbonyl (C=O) groups is 2. The van der Waals surface area contributed by atoms with Gasteiger partial charge in [0.25, 0.3) is 0 Å². The van der Waals surface area contributed by atoms with Gasteiger partial charge in [0.05, 0.1) is 0 Å². The molecule has 1 saturated carbocycles. The number of nitrogens with one attached hydrogen (secondary N) is 1. The Bertz CT molecular complexity index is 858. The van der Waals surface area contributed by atoms with Crippen molar-refractivity contribution in [3.8, 4) is 5.75 Å². The number of phenolic OH excluding ortho intramolecular Hbond substituents is 1. The number of hydrogen-bond donors (Lipinski definition) is 2. The molecule has 5 nitrogen and oxygen atoms in total. The third-order valence-electron chi connectivity index (χ3n) is 4.78. The lowest BCUT2D eigenvalue weighted by Gasteiger charge is -2.28. The van der Waals surface area contributed by atoms with Crippen LogP contribution in [0.1, 0.15) is 32.6 Å². The van der Waals surface area contributed by atoms with Gasteiger partial charge in [-0.15, -0.1) is 0 Å². The molecule has 0 bridgehead atoms. The molecule has 136 valence electrons. The SMILES string of the molecule is C=C(C)C(=O)OC1CCCC(C(=O)Nc2cccc3c(O)cccc23)C1. The van der Waals surface area contributed by atoms with E-state index >= 15 is 0 Å². The number of benzene rings is 2. The van der Waals surface area contributed by atoms with Crippen LogP contribution in [0.25, 0.3) is 10.8 Å². The maximum absolute atomic E-state index is 12.7. The molecule has 26 heavy (non-hydrogen) atoms. The molecule has 1 aliphatic carbocycles. The maximum atomic E-state index is 12.7. The summed E-state index contributed by atoms with van der Waals surface area (Å²) in [5, 5.41) is 14.4. The number of hydrogen-bond acceptors (Lipinski definition) is 4. The highest BCUT2D eigenvalue weighted by atomic mass is 16.5. The molecule has 0 heterocycles. The van der Waals surface area contributed by atoms with Crippen molar-refractivity contribution in [3.05, 3.63) is 48.6 Å². The number of rotatable bonds is 4. The summed E-state index contributed by atoms with van der Waals surface area (Å²) >= 11 is 0. The average molecular weight is 353 g/mol. The molecule has 0 spiro atoms. The number of amides is 1. The van der Waals surface area contributed by atoms with Crippen molar-refractivity contribution in [1.29, 1.82) is 0 Å². The van der Waals surface area contributed by atoms with Gasteiger partial charge < -0.3 is 15.2 Å². The number of aromatic hydroxyl groups is 1. The summed E-state index contributed by atoms with van der Waals surface area (Å²) in [7, 11) is 0. The third-order valence-corrected chi connectivity index (χ3v) is 4.78. The van der Waals surface area contributed by atoms with Crippen LogP contribution in [-0.2, 0) is 14.3 Å². The summed E-state index contributed by atoms with van der Waals surface area (Å²) in [6.45, 7) is 5.21. The van der Waals surface area contributed by atoms with E-state index in [0.717, 1.165) is 24.6 Å². The number of esters is 1. The van der Waals surface area contributed by atoms with Crippen molar-refractivity contribution < 1.29 is 19.4 Å². The fraction of sp³-hybridized carbons (Fsp3) is 0.333. The van der Waals surface area contributed by atoms with Crippen molar-refractivity contribution in [2.75, 3.05) is 5.32 Å². The molecule has 3 rings (SSSR count). The summed E-state index contributed by atoms with van der Waals surface area (Å²) in [6, 6.07) is 10.7. The second kappa shape index (κ2) is 7.60. The number of ether oxygens (including phenoxy) is 1. The third kappa shape index (κ3) is 3.87. The van der Waals surface area contributed by atoms with Gasteiger partial charge in [0.15, 0.2) is 0 Å². The van der Waals surface area contributed by atoms with Crippen LogP contribution in [0.15, 0.2) is 48.6 Å². The van der Waals surface area contributed by atoms with Gasteiger partial charge in [0.1, 0.15) is 11.9 Å². The second-order valence-corrected chi connectivity index (χ2v) is 6.84. The maximum Gasteiger partial charge on any atom is 0.333 e. The molecule has 0 radical (unpaired) electrons. The zero-order valence-corrected chi connectivity index (χ0v) is 14.8. The lowest BCUT2D eigenvalue weighted by atomic mass is 9.86. The number of anilines is 1. The standard InChI is InChI=1S/C21H23NO4/c1-13(2)21(25)26-15-7-3-6-14(12-15)20(24)22-18-10-4-9-17-16(18)8-5-11-19(17)23/h4-5,8-11,14-15,23H,1,3,6-7,12H2,2H3,(H,22,24). The lowest BCUT2D eigenvalue weighted by Crippen LogP contribution is -2.32. The molecule has 0 saturated heterocycles. The Hall–Kier alpha value is -2.82. The first-order chi connectivity index (χ1) is 12.5. The van der Waals surface area contributed by atoms with E-state index in [1.165, 1.54) is 0 Å². The molecule has 1 amide bonds. The molecule has 2 aromatic carbocycles. The van der Waals surface area contributed by atoms with Crippen molar-refractivity contribution >= 4 is 28.3 Å². The van der Waals surface area contributed by atoms with Gasteiger partial charge in [0, 0.05) is 28.0 Å². The highest BCUT2D eigenvalue weighted by Gasteiger charge is 2.29. The van der Waals surface area contributed by atoms with E-state index in [-0.39, 0.29) is 23.7 Å². The van der Waals surface area contributed by atoms with Crippen LogP contribution in [0.4, 0.5) is 5.69 Å². The van der Waals surface area contributed by atoms with E-state index in [4.69, 9.17) is 4.74 Å². The van der Waals surface area contributed by atoms with Crippen LogP contribution in [-0.4, -0.2) is 23.1 Å². The minimum atomic E-state index is -0.402. The largest absolute Gasteiger partial charge is 0.507 e. The van der Waals surface area contributed by atoms with Gasteiger partial charge in [-0.2, -0.15) is 0 Å². The van der Waals surface area contributed by atoms with Crippen LogP contribution in [0, 0.1) is 5.92 Å². The number of fused-ring (bicyclic) bond motifs is 1. The van der Waals surface area contributed by atoms with Crippen molar-refractivity contribution in [2.24, 2.45) is 5.92 Å². The molecule has 2 N–H and O–H groups in total. The summed E-state index contributed by atoms with van der Waals surface area (Å²) in [6.07, 6.45) is 2.64. The van der Waals surface area contributed by atoms with Gasteiger partial charge in [-0.05, 0) is 44.7 Å². The van der Waals surface area contributed by atoms with Gasteiger partial charge >= 0.3 is 5.97 Å². The van der Waals surface area contributed by atoms with Gasteiger partial charge in [-0.1, -0.05) is 30.8 Å². The van der Waals surface area contributed by atoms with Crippen molar-refractivity contribution in [1.82, 2.24) is 0 Å². The van der Waals surface area contributed by atoms with E-state index in [9.17, 15) is 14.7 Å². The average Bonchev–Trinajstić information content (AvgIpc) is 2.62. The molecule has 0 aliphatic heterocycles. The van der Waals surface area contributed by atoms with Crippen LogP contribution in [0.5, 0.6) is 5.75 Å².